The third-order valence-electron chi connectivity index (χ3n) is 3.53. The first-order valence-electron chi connectivity index (χ1n) is 6.66. The van der Waals surface area contributed by atoms with E-state index in [1.54, 1.807) is 0 Å². The largest absolute Gasteiger partial charge is 0.352 e. The van der Waals surface area contributed by atoms with Crippen LogP contribution < -0.4 is 5.32 Å². The molecule has 2 aliphatic rings. The van der Waals surface area contributed by atoms with E-state index < -0.39 is 0 Å². The lowest BCUT2D eigenvalue weighted by atomic mass is 10.1. The summed E-state index contributed by atoms with van der Waals surface area (Å²) in [7, 11) is 0. The van der Waals surface area contributed by atoms with Crippen molar-refractivity contribution in [2.75, 3.05) is 0 Å². The van der Waals surface area contributed by atoms with Crippen molar-refractivity contribution in [3.63, 3.8) is 0 Å². The minimum absolute atomic E-state index is 0.102. The molecule has 0 saturated heterocycles. The van der Waals surface area contributed by atoms with Crippen LogP contribution in [0.1, 0.15) is 43.4 Å². The summed E-state index contributed by atoms with van der Waals surface area (Å²) in [6.07, 6.45) is 10.3. The Morgan fingerprint density at radius 2 is 2.18 bits per heavy atom. The molecular formula is C13H19N3O. The second-order valence-electron chi connectivity index (χ2n) is 5.20. The van der Waals surface area contributed by atoms with Crippen molar-refractivity contribution in [3.05, 3.63) is 17.5 Å². The van der Waals surface area contributed by atoms with E-state index in [0.717, 1.165) is 25.7 Å². The van der Waals surface area contributed by atoms with Crippen LogP contribution >= 0.6 is 0 Å². The number of nitrogens with one attached hydrogen (secondary N) is 1. The highest BCUT2D eigenvalue weighted by Gasteiger charge is 2.23. The lowest BCUT2D eigenvalue weighted by Gasteiger charge is -2.03. The second-order valence-corrected chi connectivity index (χ2v) is 5.20. The minimum atomic E-state index is 0.102. The maximum absolute atomic E-state index is 11.7. The van der Waals surface area contributed by atoms with Gasteiger partial charge in [-0.15, -0.1) is 0 Å². The molecule has 0 unspecified atom stereocenters. The molecule has 92 valence electrons. The van der Waals surface area contributed by atoms with Gasteiger partial charge in [0.2, 0.25) is 5.91 Å². The van der Waals surface area contributed by atoms with Crippen LogP contribution in [0.15, 0.2) is 6.20 Å². The molecule has 3 rings (SSSR count). The predicted octanol–water partition coefficient (Wildman–Crippen LogP) is 1.43. The SMILES string of the molecule is O=C(Cn1cc2c(n1)CCCCC2)NC1CC1. The number of aryl methyl sites for hydroxylation is 2. The third-order valence-corrected chi connectivity index (χ3v) is 3.53. The highest BCUT2D eigenvalue weighted by atomic mass is 16.2. The summed E-state index contributed by atoms with van der Waals surface area (Å²) in [5.74, 6) is 0.102. The summed E-state index contributed by atoms with van der Waals surface area (Å²) in [6.45, 7) is 0.378. The molecule has 2 aliphatic carbocycles. The third kappa shape index (κ3) is 2.68. The van der Waals surface area contributed by atoms with Gasteiger partial charge >= 0.3 is 0 Å². The van der Waals surface area contributed by atoms with Gasteiger partial charge < -0.3 is 5.32 Å². The van der Waals surface area contributed by atoms with Crippen molar-refractivity contribution in [1.82, 2.24) is 15.1 Å². The molecule has 1 N–H and O–H groups in total. The van der Waals surface area contributed by atoms with Gasteiger partial charge in [0, 0.05) is 12.2 Å². The molecule has 0 aliphatic heterocycles. The Kier molecular flexibility index (Phi) is 2.87. The Bertz CT molecular complexity index is 397. The topological polar surface area (TPSA) is 46.9 Å². The molecule has 17 heavy (non-hydrogen) atoms. The number of hydrogen-bond donors (Lipinski definition) is 1. The van der Waals surface area contributed by atoms with Crippen LogP contribution in [-0.4, -0.2) is 21.7 Å². The second kappa shape index (κ2) is 4.51. The molecule has 4 nitrogen and oxygen atoms in total. The molecule has 0 aromatic carbocycles. The lowest BCUT2D eigenvalue weighted by molar-refractivity contribution is -0.122. The fourth-order valence-corrected chi connectivity index (χ4v) is 2.44. The smallest absolute Gasteiger partial charge is 0.241 e. The summed E-state index contributed by atoms with van der Waals surface area (Å²) in [4.78, 5) is 11.7. The minimum Gasteiger partial charge on any atom is -0.352 e. The molecule has 1 aromatic rings. The van der Waals surface area contributed by atoms with Gasteiger partial charge in [0.15, 0.2) is 0 Å². The van der Waals surface area contributed by atoms with Gasteiger partial charge in [-0.1, -0.05) is 6.42 Å². The number of carbonyl (C=O) groups excluding carboxylic acids is 1. The fraction of sp³-hybridized carbons (Fsp3) is 0.692. The summed E-state index contributed by atoms with van der Waals surface area (Å²) in [5, 5.41) is 7.53. The zero-order valence-corrected chi connectivity index (χ0v) is 10.1. The fourth-order valence-electron chi connectivity index (χ4n) is 2.44. The summed E-state index contributed by atoms with van der Waals surface area (Å²) in [6, 6.07) is 0.441. The first kappa shape index (κ1) is 10.8. The predicted molar refractivity (Wildman–Crippen MR) is 64.7 cm³/mol. The number of fused-ring (bicyclic) bond motifs is 1. The molecule has 0 bridgehead atoms. The van der Waals surface area contributed by atoms with Gasteiger partial charge in [0.25, 0.3) is 0 Å². The van der Waals surface area contributed by atoms with Gasteiger partial charge in [0.1, 0.15) is 6.54 Å². The van der Waals surface area contributed by atoms with Gasteiger partial charge in [-0.3, -0.25) is 9.48 Å². The highest BCUT2D eigenvalue weighted by molar-refractivity contribution is 5.76. The zero-order valence-electron chi connectivity index (χ0n) is 10.1. The van der Waals surface area contributed by atoms with Gasteiger partial charge in [0.05, 0.1) is 5.69 Å². The van der Waals surface area contributed by atoms with E-state index >= 15 is 0 Å². The van der Waals surface area contributed by atoms with Crippen molar-refractivity contribution in [3.8, 4) is 0 Å². The number of carbonyl (C=O) groups is 1. The van der Waals surface area contributed by atoms with Crippen LogP contribution in [-0.2, 0) is 24.2 Å². The number of hydrogen-bond acceptors (Lipinski definition) is 2. The van der Waals surface area contributed by atoms with Crippen LogP contribution in [0, 0.1) is 0 Å². The average Bonchev–Trinajstić information content (AvgIpc) is 3.05. The maximum atomic E-state index is 11.7. The number of aromatic nitrogens is 2. The van der Waals surface area contributed by atoms with Crippen molar-refractivity contribution in [2.24, 2.45) is 0 Å². The van der Waals surface area contributed by atoms with E-state index in [1.165, 1.54) is 30.5 Å². The van der Waals surface area contributed by atoms with Crippen LogP contribution in [0.2, 0.25) is 0 Å². The van der Waals surface area contributed by atoms with E-state index in [1.807, 2.05) is 4.68 Å². The maximum Gasteiger partial charge on any atom is 0.241 e. The quantitative estimate of drug-likeness (QED) is 0.803. The van der Waals surface area contributed by atoms with Crippen molar-refractivity contribution >= 4 is 5.91 Å². The first-order valence-corrected chi connectivity index (χ1v) is 6.66. The molecule has 1 amide bonds. The summed E-state index contributed by atoms with van der Waals surface area (Å²) < 4.78 is 1.81. The van der Waals surface area contributed by atoms with Crippen LogP contribution in [0.4, 0.5) is 0 Å². The van der Waals surface area contributed by atoms with Crippen molar-refractivity contribution in [2.45, 2.75) is 57.5 Å². The van der Waals surface area contributed by atoms with E-state index in [9.17, 15) is 4.79 Å². The standard InChI is InChI=1S/C13H19N3O/c17-13(14-11-6-7-11)9-16-8-10-4-2-1-3-5-12(10)15-16/h8,11H,1-7,9H2,(H,14,17). The molecule has 1 heterocycles. The van der Waals surface area contributed by atoms with Crippen LogP contribution in [0.3, 0.4) is 0 Å². The number of nitrogens with zero attached hydrogens (tertiary/aromatic N) is 2. The molecule has 1 fully saturated rings. The lowest BCUT2D eigenvalue weighted by Crippen LogP contribution is -2.29. The summed E-state index contributed by atoms with van der Waals surface area (Å²) in [5.41, 5.74) is 2.56. The molecule has 0 radical (unpaired) electrons. The van der Waals surface area contributed by atoms with Gasteiger partial charge in [-0.2, -0.15) is 5.10 Å². The molecule has 0 spiro atoms. The monoisotopic (exact) mass is 233 g/mol. The molecule has 4 heteroatoms. The van der Waals surface area contributed by atoms with Crippen molar-refractivity contribution < 1.29 is 4.79 Å². The Balaban J connectivity index is 1.64. The van der Waals surface area contributed by atoms with Gasteiger partial charge in [-0.05, 0) is 44.1 Å². The first-order chi connectivity index (χ1) is 8.31. The Morgan fingerprint density at radius 1 is 1.35 bits per heavy atom. The highest BCUT2D eigenvalue weighted by Crippen LogP contribution is 2.20. The van der Waals surface area contributed by atoms with E-state index in [4.69, 9.17) is 0 Å². The zero-order chi connectivity index (χ0) is 11.7. The Morgan fingerprint density at radius 3 is 3.00 bits per heavy atom. The van der Waals surface area contributed by atoms with E-state index in [2.05, 4.69) is 16.6 Å². The molecule has 0 atom stereocenters. The summed E-state index contributed by atoms with van der Waals surface area (Å²) >= 11 is 0. The van der Waals surface area contributed by atoms with Crippen molar-refractivity contribution in [1.29, 1.82) is 0 Å². The van der Waals surface area contributed by atoms with Crippen LogP contribution in [0.5, 0.6) is 0 Å². The van der Waals surface area contributed by atoms with Crippen LogP contribution in [0.25, 0.3) is 0 Å². The number of amides is 1. The van der Waals surface area contributed by atoms with E-state index in [0.29, 0.717) is 12.6 Å². The number of rotatable bonds is 3. The molecular weight excluding hydrogens is 214 g/mol. The van der Waals surface area contributed by atoms with Gasteiger partial charge in [-0.25, -0.2) is 0 Å². The Labute approximate surface area is 101 Å². The average molecular weight is 233 g/mol. The molecule has 1 saturated carbocycles. The normalized spacial score (nSPS) is 19.5. The molecule has 1 aromatic heterocycles. The Hall–Kier alpha value is -1.32. The van der Waals surface area contributed by atoms with E-state index in [-0.39, 0.29) is 5.91 Å².